The van der Waals surface area contributed by atoms with E-state index in [4.69, 9.17) is 20.8 Å². The molecule has 0 atom stereocenters. The maximum atomic E-state index is 12.8. The number of unbranched alkanes of at least 4 members (excludes halogenated alkanes) is 1. The lowest BCUT2D eigenvalue weighted by molar-refractivity contribution is -0.127. The molecule has 1 fully saturated rings. The van der Waals surface area contributed by atoms with E-state index in [9.17, 15) is 19.2 Å². The lowest BCUT2D eigenvalue weighted by Gasteiger charge is -2.12. The molecule has 3 aromatic rings. The van der Waals surface area contributed by atoms with E-state index in [1.165, 1.54) is 6.08 Å². The summed E-state index contributed by atoms with van der Waals surface area (Å²) in [5, 5.41) is 2.51. The molecule has 0 bridgehead atoms. The number of carbonyl (C=O) groups excluding carboxylic acids is 4. The second-order valence-electron chi connectivity index (χ2n) is 8.10. The van der Waals surface area contributed by atoms with Crippen molar-refractivity contribution in [2.45, 2.75) is 19.8 Å². The number of imide groups is 1. The molecule has 0 saturated carbocycles. The molecule has 2 heterocycles. The van der Waals surface area contributed by atoms with E-state index in [0.29, 0.717) is 34.4 Å². The molecule has 1 N–H and O–H groups in total. The number of nitrogens with zero attached hydrogens (tertiary/aromatic N) is 1. The minimum absolute atomic E-state index is 0.145. The topological polar surface area (TPSA) is 106 Å². The fourth-order valence-electron chi connectivity index (χ4n) is 3.42. The number of amides is 3. The second kappa shape index (κ2) is 11.9. The van der Waals surface area contributed by atoms with Crippen LogP contribution in [0.25, 0.3) is 17.4 Å². The SMILES string of the molecule is CCCCOC(=O)c1ccc(-c2ccc(/C=C3/SC(=O)N(CC(=O)Nc4cccc(Cl)c4)C3=O)o2)cc1. The molecule has 0 radical (unpaired) electrons. The number of furan rings is 1. The summed E-state index contributed by atoms with van der Waals surface area (Å²) in [6.07, 6.45) is 3.22. The number of esters is 1. The van der Waals surface area contributed by atoms with Crippen molar-refractivity contribution in [2.24, 2.45) is 0 Å². The predicted octanol–water partition coefficient (Wildman–Crippen LogP) is 6.23. The van der Waals surface area contributed by atoms with Gasteiger partial charge in [-0.25, -0.2) is 4.79 Å². The molecule has 37 heavy (non-hydrogen) atoms. The molecule has 4 rings (SSSR count). The monoisotopic (exact) mass is 538 g/mol. The molecule has 1 aromatic heterocycles. The normalized spacial score (nSPS) is 14.3. The van der Waals surface area contributed by atoms with Crippen LogP contribution >= 0.6 is 23.4 Å². The van der Waals surface area contributed by atoms with Gasteiger partial charge in [-0.1, -0.05) is 43.1 Å². The van der Waals surface area contributed by atoms with E-state index >= 15 is 0 Å². The highest BCUT2D eigenvalue weighted by Crippen LogP contribution is 2.33. The first-order valence-electron chi connectivity index (χ1n) is 11.5. The van der Waals surface area contributed by atoms with Crippen LogP contribution in [0.4, 0.5) is 10.5 Å². The van der Waals surface area contributed by atoms with E-state index < -0.39 is 23.6 Å². The molecule has 3 amide bonds. The maximum Gasteiger partial charge on any atom is 0.338 e. The molecule has 1 aliphatic heterocycles. The Balaban J connectivity index is 1.39. The summed E-state index contributed by atoms with van der Waals surface area (Å²) in [5.74, 6) is -0.592. The average molecular weight is 539 g/mol. The van der Waals surface area contributed by atoms with Crippen molar-refractivity contribution in [3.8, 4) is 11.3 Å². The minimum atomic E-state index is -0.583. The fourth-order valence-corrected chi connectivity index (χ4v) is 4.43. The van der Waals surface area contributed by atoms with Crippen LogP contribution in [0.3, 0.4) is 0 Å². The number of thioether (sulfide) groups is 1. The summed E-state index contributed by atoms with van der Waals surface area (Å²) >= 11 is 6.65. The van der Waals surface area contributed by atoms with Crippen LogP contribution in [0.2, 0.25) is 5.02 Å². The molecule has 1 aliphatic rings. The third-order valence-corrected chi connectivity index (χ3v) is 6.46. The lowest BCUT2D eigenvalue weighted by Crippen LogP contribution is -2.36. The van der Waals surface area contributed by atoms with Crippen molar-refractivity contribution in [1.82, 2.24) is 4.90 Å². The molecule has 10 heteroatoms. The third-order valence-electron chi connectivity index (χ3n) is 5.32. The lowest BCUT2D eigenvalue weighted by atomic mass is 10.1. The Morgan fingerprint density at radius 3 is 2.62 bits per heavy atom. The minimum Gasteiger partial charge on any atom is -0.462 e. The highest BCUT2D eigenvalue weighted by atomic mass is 35.5. The zero-order valence-electron chi connectivity index (χ0n) is 19.9. The van der Waals surface area contributed by atoms with E-state index in [1.54, 1.807) is 60.7 Å². The Labute approximate surface area is 222 Å². The average Bonchev–Trinajstić information content (AvgIpc) is 3.44. The molecule has 2 aromatic carbocycles. The smallest absolute Gasteiger partial charge is 0.338 e. The van der Waals surface area contributed by atoms with Crippen molar-refractivity contribution in [1.29, 1.82) is 0 Å². The molecule has 8 nitrogen and oxygen atoms in total. The Kier molecular flexibility index (Phi) is 8.47. The van der Waals surface area contributed by atoms with E-state index in [0.717, 1.165) is 35.1 Å². The first-order valence-corrected chi connectivity index (χ1v) is 12.7. The highest BCUT2D eigenvalue weighted by Gasteiger charge is 2.36. The van der Waals surface area contributed by atoms with Crippen molar-refractivity contribution in [2.75, 3.05) is 18.5 Å². The van der Waals surface area contributed by atoms with Crippen LogP contribution in [0.15, 0.2) is 70.0 Å². The van der Waals surface area contributed by atoms with Gasteiger partial charge >= 0.3 is 5.97 Å². The number of nitrogens with one attached hydrogen (secondary N) is 1. The van der Waals surface area contributed by atoms with Crippen LogP contribution < -0.4 is 5.32 Å². The fraction of sp³-hybridized carbons (Fsp3) is 0.185. The quantitative estimate of drug-likeness (QED) is 0.195. The zero-order chi connectivity index (χ0) is 26.4. The summed E-state index contributed by atoms with van der Waals surface area (Å²) in [5.41, 5.74) is 1.64. The van der Waals surface area contributed by atoms with Gasteiger partial charge in [0, 0.05) is 22.3 Å². The summed E-state index contributed by atoms with van der Waals surface area (Å²) in [6, 6.07) is 16.8. The largest absolute Gasteiger partial charge is 0.462 e. The van der Waals surface area contributed by atoms with Gasteiger partial charge in [-0.3, -0.25) is 19.3 Å². The number of carbonyl (C=O) groups is 4. The van der Waals surface area contributed by atoms with Gasteiger partial charge in [-0.2, -0.15) is 0 Å². The number of ether oxygens (including phenoxy) is 1. The van der Waals surface area contributed by atoms with Gasteiger partial charge in [0.25, 0.3) is 11.1 Å². The summed E-state index contributed by atoms with van der Waals surface area (Å²) in [4.78, 5) is 50.6. The highest BCUT2D eigenvalue weighted by molar-refractivity contribution is 8.18. The molecule has 0 aliphatic carbocycles. The number of rotatable bonds is 9. The zero-order valence-corrected chi connectivity index (χ0v) is 21.4. The second-order valence-corrected chi connectivity index (χ2v) is 9.52. The van der Waals surface area contributed by atoms with Gasteiger partial charge < -0.3 is 14.5 Å². The molecule has 0 spiro atoms. The van der Waals surface area contributed by atoms with E-state index in [1.807, 2.05) is 6.92 Å². The van der Waals surface area contributed by atoms with Crippen molar-refractivity contribution in [3.05, 3.63) is 81.9 Å². The van der Waals surface area contributed by atoms with Crippen molar-refractivity contribution >= 4 is 58.1 Å². The van der Waals surface area contributed by atoms with Gasteiger partial charge in [-0.15, -0.1) is 0 Å². The predicted molar refractivity (Wildman–Crippen MR) is 142 cm³/mol. The molecular weight excluding hydrogens is 516 g/mol. The molecule has 190 valence electrons. The number of hydrogen-bond donors (Lipinski definition) is 1. The Morgan fingerprint density at radius 2 is 1.89 bits per heavy atom. The van der Waals surface area contributed by atoms with E-state index in [2.05, 4.69) is 5.32 Å². The van der Waals surface area contributed by atoms with Gasteiger partial charge in [-0.05, 0) is 60.6 Å². The van der Waals surface area contributed by atoms with Crippen molar-refractivity contribution in [3.63, 3.8) is 0 Å². The van der Waals surface area contributed by atoms with Gasteiger partial charge in [0.1, 0.15) is 18.1 Å². The number of hydrogen-bond acceptors (Lipinski definition) is 7. The number of halogens is 1. The number of benzene rings is 2. The van der Waals surface area contributed by atoms with Crippen LogP contribution in [0.1, 0.15) is 35.9 Å². The van der Waals surface area contributed by atoms with Gasteiger partial charge in [0.2, 0.25) is 5.91 Å². The van der Waals surface area contributed by atoms with Crippen molar-refractivity contribution < 1.29 is 28.3 Å². The van der Waals surface area contributed by atoms with Crippen LogP contribution in [0.5, 0.6) is 0 Å². The Bertz CT molecular complexity index is 1370. The first kappa shape index (κ1) is 26.2. The van der Waals surface area contributed by atoms with Gasteiger partial charge in [0.15, 0.2) is 0 Å². The molecule has 1 saturated heterocycles. The van der Waals surface area contributed by atoms with Crippen LogP contribution in [0, 0.1) is 0 Å². The third kappa shape index (κ3) is 6.69. The van der Waals surface area contributed by atoms with Gasteiger partial charge in [0.05, 0.1) is 17.1 Å². The molecular formula is C27H23ClN2O6S. The Morgan fingerprint density at radius 1 is 1.11 bits per heavy atom. The summed E-state index contributed by atoms with van der Waals surface area (Å²) < 4.78 is 11.0. The van der Waals surface area contributed by atoms with Crippen LogP contribution in [-0.2, 0) is 14.3 Å². The Hall–Kier alpha value is -3.82. The van der Waals surface area contributed by atoms with E-state index in [-0.39, 0.29) is 10.9 Å². The van der Waals surface area contributed by atoms with Crippen LogP contribution in [-0.4, -0.2) is 41.1 Å². The first-order chi connectivity index (χ1) is 17.8. The summed E-state index contributed by atoms with van der Waals surface area (Å²) in [6.45, 7) is 1.98. The maximum absolute atomic E-state index is 12.8. The standard InChI is InChI=1S/C27H23ClN2O6S/c1-2-3-13-35-26(33)18-9-7-17(8-10-18)22-12-11-21(36-22)15-23-25(32)30(27(34)37-23)16-24(31)29-20-6-4-5-19(28)14-20/h4-12,14-15H,2-3,13,16H2,1H3,(H,29,31)/b23-15+. The summed E-state index contributed by atoms with van der Waals surface area (Å²) in [7, 11) is 0. The molecule has 0 unspecified atom stereocenters. The number of anilines is 1.